The summed E-state index contributed by atoms with van der Waals surface area (Å²) < 4.78 is 39.2. The normalized spacial score (nSPS) is 15.5. The molecular weight excluding hydrogens is 481 g/mol. The second kappa shape index (κ2) is 10.1. The largest absolute Gasteiger partial charge is 0.417 e. The second-order valence-electron chi connectivity index (χ2n) is 7.09. The number of thioether (sulfide) groups is 1. The minimum absolute atomic E-state index is 0.00151. The van der Waals surface area contributed by atoms with Crippen molar-refractivity contribution in [3.8, 4) is 0 Å². The average molecular weight is 499 g/mol. The number of hydrogen-bond acceptors (Lipinski definition) is 4. The number of thiocarbonyl (C=S) groups is 1. The molecule has 10 heteroatoms. The van der Waals surface area contributed by atoms with E-state index in [2.05, 4.69) is 5.32 Å². The van der Waals surface area contributed by atoms with Crippen LogP contribution in [0.2, 0.25) is 5.02 Å². The highest BCUT2D eigenvalue weighted by Gasteiger charge is 2.34. The predicted octanol–water partition coefficient (Wildman–Crippen LogP) is 6.29. The van der Waals surface area contributed by atoms with Crippen molar-refractivity contribution in [2.75, 3.05) is 11.9 Å². The number of halogens is 4. The van der Waals surface area contributed by atoms with Crippen LogP contribution in [-0.2, 0) is 15.8 Å². The number of aryl methyl sites for hydroxylation is 1. The molecule has 0 atom stereocenters. The highest BCUT2D eigenvalue weighted by atomic mass is 35.5. The third-order valence-electron chi connectivity index (χ3n) is 4.59. The van der Waals surface area contributed by atoms with Crippen molar-refractivity contribution in [3.05, 3.63) is 69.1 Å². The Hall–Kier alpha value is -2.36. The van der Waals surface area contributed by atoms with Crippen LogP contribution < -0.4 is 5.32 Å². The molecule has 0 spiro atoms. The SMILES string of the molecule is Cc1ccc(/C=C2\SC(=S)N(CCCC(=O)Nc3ccc(Cl)c(C(F)(F)F)c3)C2=O)cc1. The van der Waals surface area contributed by atoms with Gasteiger partial charge in [-0.05, 0) is 43.2 Å². The number of nitrogens with one attached hydrogen (secondary N) is 1. The molecule has 4 nitrogen and oxygen atoms in total. The first-order valence-electron chi connectivity index (χ1n) is 9.53. The first-order chi connectivity index (χ1) is 15.0. The number of alkyl halides is 3. The summed E-state index contributed by atoms with van der Waals surface area (Å²) in [5.74, 6) is -0.699. The van der Waals surface area contributed by atoms with Gasteiger partial charge in [-0.15, -0.1) is 0 Å². The van der Waals surface area contributed by atoms with Crippen LogP contribution >= 0.6 is 35.6 Å². The van der Waals surface area contributed by atoms with E-state index in [1.54, 1.807) is 6.08 Å². The van der Waals surface area contributed by atoms with Gasteiger partial charge in [-0.2, -0.15) is 13.2 Å². The topological polar surface area (TPSA) is 49.4 Å². The lowest BCUT2D eigenvalue weighted by Crippen LogP contribution is -2.29. The first-order valence-corrected chi connectivity index (χ1v) is 11.1. The highest BCUT2D eigenvalue weighted by molar-refractivity contribution is 8.26. The van der Waals surface area contributed by atoms with Crippen molar-refractivity contribution in [1.82, 2.24) is 4.90 Å². The van der Waals surface area contributed by atoms with Crippen LogP contribution in [0.5, 0.6) is 0 Å². The molecule has 0 aromatic heterocycles. The summed E-state index contributed by atoms with van der Waals surface area (Å²) in [6.45, 7) is 2.21. The van der Waals surface area contributed by atoms with Gasteiger partial charge < -0.3 is 5.32 Å². The van der Waals surface area contributed by atoms with Crippen LogP contribution in [0.3, 0.4) is 0 Å². The summed E-state index contributed by atoms with van der Waals surface area (Å²) in [5, 5.41) is 1.98. The van der Waals surface area contributed by atoms with E-state index in [1.807, 2.05) is 31.2 Å². The Morgan fingerprint density at radius 1 is 1.22 bits per heavy atom. The summed E-state index contributed by atoms with van der Waals surface area (Å²) in [7, 11) is 0. The number of nitrogens with zero attached hydrogens (tertiary/aromatic N) is 1. The Morgan fingerprint density at radius 2 is 1.91 bits per heavy atom. The van der Waals surface area contributed by atoms with Gasteiger partial charge in [0.2, 0.25) is 5.91 Å². The van der Waals surface area contributed by atoms with E-state index < -0.39 is 22.7 Å². The molecule has 1 N–H and O–H groups in total. The fourth-order valence-corrected chi connectivity index (χ4v) is 4.48. The van der Waals surface area contributed by atoms with Crippen LogP contribution in [0, 0.1) is 6.92 Å². The Labute approximate surface area is 197 Å². The quantitative estimate of drug-likeness (QED) is 0.376. The molecule has 0 unspecified atom stereocenters. The molecule has 1 heterocycles. The van der Waals surface area contributed by atoms with Crippen molar-refractivity contribution < 1.29 is 22.8 Å². The molecule has 168 valence electrons. The highest BCUT2D eigenvalue weighted by Crippen LogP contribution is 2.36. The minimum atomic E-state index is -4.62. The van der Waals surface area contributed by atoms with E-state index in [1.165, 1.54) is 22.7 Å². The Bertz CT molecular complexity index is 1090. The van der Waals surface area contributed by atoms with Gasteiger partial charge in [0.15, 0.2) is 0 Å². The molecule has 0 aliphatic carbocycles. The first kappa shape index (κ1) is 24.3. The van der Waals surface area contributed by atoms with E-state index in [-0.39, 0.29) is 24.6 Å². The van der Waals surface area contributed by atoms with Gasteiger partial charge >= 0.3 is 6.18 Å². The van der Waals surface area contributed by atoms with Crippen LogP contribution in [0.15, 0.2) is 47.4 Å². The molecule has 1 aliphatic rings. The third kappa shape index (κ3) is 6.11. The lowest BCUT2D eigenvalue weighted by atomic mass is 10.1. The fraction of sp³-hybridized carbons (Fsp3) is 0.227. The molecular formula is C22H18ClF3N2O2S2. The summed E-state index contributed by atoms with van der Waals surface area (Å²) >= 11 is 12.1. The number of rotatable bonds is 6. The smallest absolute Gasteiger partial charge is 0.326 e. The lowest BCUT2D eigenvalue weighted by molar-refractivity contribution is -0.137. The van der Waals surface area contributed by atoms with E-state index in [0.29, 0.717) is 15.6 Å². The molecule has 2 aromatic carbocycles. The molecule has 0 bridgehead atoms. The molecule has 3 rings (SSSR count). The summed E-state index contributed by atoms with van der Waals surface area (Å²) in [6, 6.07) is 10.9. The Morgan fingerprint density at radius 3 is 2.56 bits per heavy atom. The number of amides is 2. The van der Waals surface area contributed by atoms with Gasteiger partial charge in [-0.25, -0.2) is 0 Å². The van der Waals surface area contributed by atoms with Gasteiger partial charge in [-0.1, -0.05) is 65.4 Å². The Balaban J connectivity index is 1.55. The van der Waals surface area contributed by atoms with Crippen molar-refractivity contribution in [3.63, 3.8) is 0 Å². The van der Waals surface area contributed by atoms with E-state index in [4.69, 9.17) is 23.8 Å². The molecule has 32 heavy (non-hydrogen) atoms. The van der Waals surface area contributed by atoms with E-state index in [9.17, 15) is 22.8 Å². The summed E-state index contributed by atoms with van der Waals surface area (Å²) in [4.78, 5) is 26.7. The van der Waals surface area contributed by atoms with Crippen molar-refractivity contribution in [1.29, 1.82) is 0 Å². The average Bonchev–Trinajstić information content (AvgIpc) is 2.97. The van der Waals surface area contributed by atoms with Gasteiger partial charge in [0.05, 0.1) is 15.5 Å². The van der Waals surface area contributed by atoms with E-state index in [0.717, 1.165) is 23.3 Å². The molecule has 2 aromatic rings. The third-order valence-corrected chi connectivity index (χ3v) is 6.30. The standard InChI is InChI=1S/C22H18ClF3N2O2S2/c1-13-4-6-14(7-5-13)11-18-20(30)28(21(31)32-18)10-2-3-19(29)27-15-8-9-17(23)16(12-15)22(24,25)26/h4-9,11-12H,2-3,10H2,1H3,(H,27,29)/b18-11-. The zero-order valence-electron chi connectivity index (χ0n) is 16.8. The van der Waals surface area contributed by atoms with Crippen LogP contribution in [0.4, 0.5) is 18.9 Å². The van der Waals surface area contributed by atoms with Crippen molar-refractivity contribution >= 4 is 63.5 Å². The van der Waals surface area contributed by atoms with Gasteiger partial charge in [0.25, 0.3) is 5.91 Å². The second-order valence-corrected chi connectivity index (χ2v) is 9.17. The van der Waals surface area contributed by atoms with E-state index >= 15 is 0 Å². The molecule has 1 aliphatic heterocycles. The maximum atomic E-state index is 12.9. The maximum absolute atomic E-state index is 12.9. The summed E-state index contributed by atoms with van der Waals surface area (Å²) in [5.41, 5.74) is 0.978. The van der Waals surface area contributed by atoms with Crippen LogP contribution in [-0.4, -0.2) is 27.6 Å². The lowest BCUT2D eigenvalue weighted by Gasteiger charge is -2.14. The van der Waals surface area contributed by atoms with Gasteiger partial charge in [0, 0.05) is 18.7 Å². The number of anilines is 1. The molecule has 0 saturated carbocycles. The maximum Gasteiger partial charge on any atom is 0.417 e. The van der Waals surface area contributed by atoms with Gasteiger partial charge in [0.1, 0.15) is 4.32 Å². The molecule has 1 saturated heterocycles. The van der Waals surface area contributed by atoms with Crippen molar-refractivity contribution in [2.24, 2.45) is 0 Å². The molecule has 1 fully saturated rings. The predicted molar refractivity (Wildman–Crippen MR) is 125 cm³/mol. The molecule has 2 amide bonds. The van der Waals surface area contributed by atoms with Crippen molar-refractivity contribution in [2.45, 2.75) is 25.9 Å². The fourth-order valence-electron chi connectivity index (χ4n) is 2.95. The minimum Gasteiger partial charge on any atom is -0.326 e. The number of carbonyl (C=O) groups is 2. The number of hydrogen-bond donors (Lipinski definition) is 1. The summed E-state index contributed by atoms with van der Waals surface area (Å²) in [6.07, 6.45) is -2.54. The van der Waals surface area contributed by atoms with Crippen LogP contribution in [0.25, 0.3) is 6.08 Å². The monoisotopic (exact) mass is 498 g/mol. The zero-order chi connectivity index (χ0) is 23.5. The molecule has 0 radical (unpaired) electrons. The Kier molecular flexibility index (Phi) is 7.63. The number of benzene rings is 2. The van der Waals surface area contributed by atoms with Gasteiger partial charge in [-0.3, -0.25) is 14.5 Å². The number of carbonyl (C=O) groups excluding carboxylic acids is 2. The van der Waals surface area contributed by atoms with Crippen LogP contribution in [0.1, 0.15) is 29.5 Å². The zero-order valence-corrected chi connectivity index (χ0v) is 19.2.